The van der Waals surface area contributed by atoms with Crippen LogP contribution in [0.5, 0.6) is 0 Å². The van der Waals surface area contributed by atoms with Crippen LogP contribution in [0.4, 0.5) is 0 Å². The van der Waals surface area contributed by atoms with Gasteiger partial charge in [-0.1, -0.05) is 24.3 Å². The standard InChI is InChI=1S/C13H10N4O3/c1-7(18)9-4-2-8(3-5-9)6-10-13(19)15-12-11(14-10)16-20-17-12/h2-5H,6H2,1H3,(H,15,17,19). The van der Waals surface area contributed by atoms with Crippen LogP contribution in [-0.4, -0.2) is 26.1 Å². The summed E-state index contributed by atoms with van der Waals surface area (Å²) in [4.78, 5) is 29.7. The van der Waals surface area contributed by atoms with Crippen LogP contribution in [0, 0.1) is 0 Å². The van der Waals surface area contributed by atoms with Crippen LogP contribution in [0.15, 0.2) is 33.7 Å². The smallest absolute Gasteiger partial charge is 0.271 e. The fraction of sp³-hybridized carbons (Fsp3) is 0.154. The van der Waals surface area contributed by atoms with Crippen molar-refractivity contribution in [3.8, 4) is 0 Å². The zero-order valence-electron chi connectivity index (χ0n) is 10.6. The molecule has 0 bridgehead atoms. The average Bonchev–Trinajstić information content (AvgIpc) is 2.87. The molecule has 7 heteroatoms. The highest BCUT2D eigenvalue weighted by atomic mass is 16.6. The Kier molecular flexibility index (Phi) is 2.86. The van der Waals surface area contributed by atoms with E-state index < -0.39 is 0 Å². The van der Waals surface area contributed by atoms with E-state index in [1.165, 1.54) is 6.92 Å². The number of ketones is 1. The Balaban J connectivity index is 1.94. The molecule has 100 valence electrons. The summed E-state index contributed by atoms with van der Waals surface area (Å²) in [5.41, 5.74) is 1.99. The van der Waals surface area contributed by atoms with Crippen LogP contribution in [0.25, 0.3) is 11.3 Å². The van der Waals surface area contributed by atoms with E-state index in [-0.39, 0.29) is 22.6 Å². The van der Waals surface area contributed by atoms with Gasteiger partial charge < -0.3 is 0 Å². The molecule has 3 aromatic rings. The molecule has 2 heterocycles. The van der Waals surface area contributed by atoms with Gasteiger partial charge in [0.2, 0.25) is 11.3 Å². The van der Waals surface area contributed by atoms with Gasteiger partial charge in [0.15, 0.2) is 5.78 Å². The summed E-state index contributed by atoms with van der Waals surface area (Å²) in [5.74, 6) is 0.00242. The molecule has 0 unspecified atom stereocenters. The van der Waals surface area contributed by atoms with Gasteiger partial charge in [-0.2, -0.15) is 0 Å². The summed E-state index contributed by atoms with van der Waals surface area (Å²) in [7, 11) is 0. The second-order valence-electron chi connectivity index (χ2n) is 4.38. The SMILES string of the molecule is CC(=O)c1ccc(Cc2nc3nonc3[nH]c2=O)cc1. The summed E-state index contributed by atoms with van der Waals surface area (Å²) in [6.07, 6.45) is 0.344. The highest BCUT2D eigenvalue weighted by Crippen LogP contribution is 2.09. The lowest BCUT2D eigenvalue weighted by atomic mass is 10.1. The van der Waals surface area contributed by atoms with Gasteiger partial charge in [0, 0.05) is 12.0 Å². The molecule has 0 aliphatic heterocycles. The Morgan fingerprint density at radius 2 is 2.00 bits per heavy atom. The Labute approximate surface area is 112 Å². The van der Waals surface area contributed by atoms with Crippen molar-refractivity contribution in [2.24, 2.45) is 0 Å². The molecule has 1 aromatic carbocycles. The predicted molar refractivity (Wildman–Crippen MR) is 69.5 cm³/mol. The van der Waals surface area contributed by atoms with Crippen molar-refractivity contribution in [2.45, 2.75) is 13.3 Å². The topological polar surface area (TPSA) is 102 Å². The summed E-state index contributed by atoms with van der Waals surface area (Å²) in [6.45, 7) is 1.51. The molecule has 0 aliphatic carbocycles. The highest BCUT2D eigenvalue weighted by molar-refractivity contribution is 5.94. The number of carbonyl (C=O) groups is 1. The molecule has 0 spiro atoms. The maximum absolute atomic E-state index is 11.8. The number of hydrogen-bond donors (Lipinski definition) is 1. The molecule has 0 saturated heterocycles. The first-order chi connectivity index (χ1) is 9.63. The number of nitrogens with zero attached hydrogens (tertiary/aromatic N) is 3. The minimum atomic E-state index is -0.330. The fourth-order valence-corrected chi connectivity index (χ4v) is 1.86. The third kappa shape index (κ3) is 2.20. The van der Waals surface area contributed by atoms with E-state index in [0.29, 0.717) is 17.7 Å². The van der Waals surface area contributed by atoms with Crippen LogP contribution in [0.3, 0.4) is 0 Å². The number of benzene rings is 1. The van der Waals surface area contributed by atoms with Crippen molar-refractivity contribution in [1.82, 2.24) is 20.3 Å². The van der Waals surface area contributed by atoms with Crippen molar-refractivity contribution in [2.75, 3.05) is 0 Å². The summed E-state index contributed by atoms with van der Waals surface area (Å²) < 4.78 is 4.50. The quantitative estimate of drug-likeness (QED) is 0.715. The number of nitrogens with one attached hydrogen (secondary N) is 1. The first-order valence-electron chi connectivity index (χ1n) is 5.95. The van der Waals surface area contributed by atoms with E-state index >= 15 is 0 Å². The van der Waals surface area contributed by atoms with Crippen molar-refractivity contribution in [3.63, 3.8) is 0 Å². The molecule has 3 rings (SSSR count). The number of aromatic nitrogens is 4. The molecule has 0 atom stereocenters. The van der Waals surface area contributed by atoms with E-state index in [1.807, 2.05) is 0 Å². The third-order valence-corrected chi connectivity index (χ3v) is 2.94. The molecular formula is C13H10N4O3. The minimum Gasteiger partial charge on any atom is -0.299 e. The first kappa shape index (κ1) is 12.2. The average molecular weight is 270 g/mol. The summed E-state index contributed by atoms with van der Waals surface area (Å²) >= 11 is 0. The largest absolute Gasteiger partial charge is 0.299 e. The lowest BCUT2D eigenvalue weighted by molar-refractivity contribution is 0.101. The molecule has 2 aromatic heterocycles. The molecule has 0 radical (unpaired) electrons. The number of Topliss-reactive ketones (excluding diaryl/α,β-unsaturated/α-hetero) is 1. The lowest BCUT2D eigenvalue weighted by Crippen LogP contribution is -2.15. The van der Waals surface area contributed by atoms with Crippen LogP contribution in [-0.2, 0) is 6.42 Å². The molecule has 7 nitrogen and oxygen atoms in total. The number of carbonyl (C=O) groups excluding carboxylic acids is 1. The highest BCUT2D eigenvalue weighted by Gasteiger charge is 2.09. The Bertz CT molecular complexity index is 833. The van der Waals surface area contributed by atoms with Gasteiger partial charge in [0.05, 0.1) is 0 Å². The Morgan fingerprint density at radius 1 is 1.25 bits per heavy atom. The van der Waals surface area contributed by atoms with Crippen LogP contribution in [0.1, 0.15) is 28.5 Å². The summed E-state index contributed by atoms with van der Waals surface area (Å²) in [5, 5.41) is 7.10. The van der Waals surface area contributed by atoms with E-state index in [4.69, 9.17) is 0 Å². The monoisotopic (exact) mass is 270 g/mol. The van der Waals surface area contributed by atoms with Crippen molar-refractivity contribution >= 4 is 17.1 Å². The minimum absolute atomic E-state index is 0.00242. The van der Waals surface area contributed by atoms with Gasteiger partial charge in [-0.3, -0.25) is 14.6 Å². The molecule has 1 N–H and O–H groups in total. The zero-order valence-corrected chi connectivity index (χ0v) is 10.6. The second-order valence-corrected chi connectivity index (χ2v) is 4.38. The van der Waals surface area contributed by atoms with Gasteiger partial charge >= 0.3 is 0 Å². The molecule has 0 amide bonds. The second kappa shape index (κ2) is 4.69. The van der Waals surface area contributed by atoms with E-state index in [9.17, 15) is 9.59 Å². The van der Waals surface area contributed by atoms with E-state index in [1.54, 1.807) is 24.3 Å². The molecule has 0 aliphatic rings. The first-order valence-corrected chi connectivity index (χ1v) is 5.95. The number of aromatic amines is 1. The molecule has 0 saturated carbocycles. The van der Waals surface area contributed by atoms with Gasteiger partial charge in [-0.05, 0) is 22.8 Å². The lowest BCUT2D eigenvalue weighted by Gasteiger charge is -2.01. The predicted octanol–water partition coefficient (Wildman–Crippen LogP) is 1.10. The third-order valence-electron chi connectivity index (χ3n) is 2.94. The van der Waals surface area contributed by atoms with Gasteiger partial charge in [-0.25, -0.2) is 9.61 Å². The zero-order chi connectivity index (χ0) is 14.1. The van der Waals surface area contributed by atoms with Crippen molar-refractivity contribution in [3.05, 3.63) is 51.4 Å². The maximum atomic E-state index is 11.8. The number of fused-ring (bicyclic) bond motifs is 1. The van der Waals surface area contributed by atoms with Crippen molar-refractivity contribution < 1.29 is 9.42 Å². The van der Waals surface area contributed by atoms with E-state index in [0.717, 1.165) is 5.56 Å². The van der Waals surface area contributed by atoms with Crippen LogP contribution in [0.2, 0.25) is 0 Å². The molecule has 20 heavy (non-hydrogen) atoms. The van der Waals surface area contributed by atoms with Gasteiger partial charge in [-0.15, -0.1) is 0 Å². The Hall–Kier alpha value is -2.83. The Morgan fingerprint density at radius 3 is 2.70 bits per heavy atom. The number of hydrogen-bond acceptors (Lipinski definition) is 6. The van der Waals surface area contributed by atoms with Crippen molar-refractivity contribution in [1.29, 1.82) is 0 Å². The van der Waals surface area contributed by atoms with Crippen LogP contribution < -0.4 is 5.56 Å². The number of rotatable bonds is 3. The molecular weight excluding hydrogens is 260 g/mol. The van der Waals surface area contributed by atoms with Gasteiger partial charge in [0.1, 0.15) is 5.69 Å². The molecule has 0 fully saturated rings. The van der Waals surface area contributed by atoms with Gasteiger partial charge in [0.25, 0.3) is 5.56 Å². The normalized spacial score (nSPS) is 10.8. The summed E-state index contributed by atoms with van der Waals surface area (Å²) in [6, 6.07) is 7.04. The fourth-order valence-electron chi connectivity index (χ4n) is 1.86. The number of H-pyrrole nitrogens is 1. The van der Waals surface area contributed by atoms with Crippen LogP contribution >= 0.6 is 0 Å². The maximum Gasteiger partial charge on any atom is 0.271 e. The van der Waals surface area contributed by atoms with E-state index in [2.05, 4.69) is 24.9 Å².